The quantitative estimate of drug-likeness (QED) is 0.540. The molecule has 3 aromatic rings. The van der Waals surface area contributed by atoms with Crippen LogP contribution in [-0.4, -0.2) is 21.1 Å². The standard InChI is InChI=1S/C19H19N5OS/c1-12(2)25-17-6-4-14(11-23-17)22-10-13-3-5-16-15(9-13)24-18-19(26-16)21-8-7-20-18/h3-9,11-12,22H,10H2,1-2H3,(H,20,24). The maximum absolute atomic E-state index is 5.56. The average Bonchev–Trinajstić information content (AvgIpc) is 2.65. The van der Waals surface area contributed by atoms with Crippen molar-refractivity contribution in [2.24, 2.45) is 0 Å². The number of hydrogen-bond donors (Lipinski definition) is 2. The molecule has 2 aromatic heterocycles. The number of anilines is 3. The Hall–Kier alpha value is -2.80. The van der Waals surface area contributed by atoms with E-state index in [9.17, 15) is 0 Å². The highest BCUT2D eigenvalue weighted by Gasteiger charge is 2.17. The zero-order chi connectivity index (χ0) is 17.9. The Morgan fingerprint density at radius 2 is 2.00 bits per heavy atom. The Kier molecular flexibility index (Phi) is 4.62. The molecule has 7 heteroatoms. The molecular weight excluding hydrogens is 346 g/mol. The van der Waals surface area contributed by atoms with Crippen LogP contribution in [0.25, 0.3) is 0 Å². The molecule has 0 saturated heterocycles. The van der Waals surface area contributed by atoms with Crippen molar-refractivity contribution < 1.29 is 4.74 Å². The summed E-state index contributed by atoms with van der Waals surface area (Å²) in [5.74, 6) is 1.44. The Morgan fingerprint density at radius 3 is 2.81 bits per heavy atom. The van der Waals surface area contributed by atoms with Crippen molar-refractivity contribution in [3.05, 3.63) is 54.5 Å². The van der Waals surface area contributed by atoms with Crippen LogP contribution < -0.4 is 15.4 Å². The number of ether oxygens (including phenoxy) is 1. The first-order chi connectivity index (χ1) is 12.7. The van der Waals surface area contributed by atoms with E-state index in [1.165, 1.54) is 5.56 Å². The molecule has 0 radical (unpaired) electrons. The third-order valence-corrected chi connectivity index (χ3v) is 4.83. The summed E-state index contributed by atoms with van der Waals surface area (Å²) in [5, 5.41) is 7.64. The molecule has 0 aliphatic carbocycles. The second kappa shape index (κ2) is 7.21. The predicted octanol–water partition coefficient (Wildman–Crippen LogP) is 4.48. The van der Waals surface area contributed by atoms with Crippen molar-refractivity contribution in [3.63, 3.8) is 0 Å². The van der Waals surface area contributed by atoms with Crippen molar-refractivity contribution in [3.8, 4) is 5.88 Å². The average molecular weight is 365 g/mol. The second-order valence-corrected chi connectivity index (χ2v) is 7.20. The van der Waals surface area contributed by atoms with E-state index in [-0.39, 0.29) is 6.10 Å². The third kappa shape index (κ3) is 3.72. The molecule has 2 N–H and O–H groups in total. The van der Waals surface area contributed by atoms with Gasteiger partial charge in [0.15, 0.2) is 5.82 Å². The van der Waals surface area contributed by atoms with Gasteiger partial charge in [0, 0.05) is 29.9 Å². The van der Waals surface area contributed by atoms with E-state index in [1.807, 2.05) is 26.0 Å². The van der Waals surface area contributed by atoms with Crippen LogP contribution in [-0.2, 0) is 6.54 Å². The Balaban J connectivity index is 1.42. The second-order valence-electron chi connectivity index (χ2n) is 6.17. The maximum Gasteiger partial charge on any atom is 0.213 e. The molecule has 6 nitrogen and oxygen atoms in total. The van der Waals surface area contributed by atoms with Crippen molar-refractivity contribution >= 4 is 29.0 Å². The number of nitrogens with one attached hydrogen (secondary N) is 2. The Labute approximate surface area is 156 Å². The van der Waals surface area contributed by atoms with Gasteiger partial charge >= 0.3 is 0 Å². The maximum atomic E-state index is 5.56. The highest BCUT2D eigenvalue weighted by molar-refractivity contribution is 7.99. The molecule has 0 spiro atoms. The minimum Gasteiger partial charge on any atom is -0.475 e. The lowest BCUT2D eigenvalue weighted by atomic mass is 10.2. The zero-order valence-electron chi connectivity index (χ0n) is 14.6. The molecule has 0 saturated carbocycles. The highest BCUT2D eigenvalue weighted by Crippen LogP contribution is 2.42. The van der Waals surface area contributed by atoms with Crippen molar-refractivity contribution in [1.82, 2.24) is 15.0 Å². The Morgan fingerprint density at radius 1 is 1.12 bits per heavy atom. The zero-order valence-corrected chi connectivity index (χ0v) is 15.4. The first kappa shape index (κ1) is 16.7. The van der Waals surface area contributed by atoms with Gasteiger partial charge in [-0.2, -0.15) is 0 Å². The van der Waals surface area contributed by atoms with Crippen LogP contribution in [0.2, 0.25) is 0 Å². The summed E-state index contributed by atoms with van der Waals surface area (Å²) in [4.78, 5) is 14.2. The fraction of sp³-hybridized carbons (Fsp3) is 0.211. The van der Waals surface area contributed by atoms with Gasteiger partial charge < -0.3 is 15.4 Å². The van der Waals surface area contributed by atoms with Gasteiger partial charge in [-0.3, -0.25) is 0 Å². The number of aromatic nitrogens is 3. The summed E-state index contributed by atoms with van der Waals surface area (Å²) in [6.07, 6.45) is 5.32. The first-order valence-electron chi connectivity index (χ1n) is 8.43. The summed E-state index contributed by atoms with van der Waals surface area (Å²) >= 11 is 1.63. The molecule has 1 aliphatic heterocycles. The van der Waals surface area contributed by atoms with E-state index in [0.29, 0.717) is 12.4 Å². The van der Waals surface area contributed by atoms with Gasteiger partial charge in [0.05, 0.1) is 23.7 Å². The van der Waals surface area contributed by atoms with Gasteiger partial charge in [-0.25, -0.2) is 15.0 Å². The van der Waals surface area contributed by atoms with Gasteiger partial charge in [-0.15, -0.1) is 0 Å². The fourth-order valence-corrected chi connectivity index (χ4v) is 3.47. The van der Waals surface area contributed by atoms with Crippen molar-refractivity contribution in [2.75, 3.05) is 10.6 Å². The topological polar surface area (TPSA) is 72.0 Å². The number of pyridine rings is 1. The monoisotopic (exact) mass is 365 g/mol. The number of hydrogen-bond acceptors (Lipinski definition) is 7. The number of nitrogens with zero attached hydrogens (tertiary/aromatic N) is 3. The largest absolute Gasteiger partial charge is 0.475 e. The van der Waals surface area contributed by atoms with Crippen molar-refractivity contribution in [1.29, 1.82) is 0 Å². The number of fused-ring (bicyclic) bond motifs is 2. The minimum absolute atomic E-state index is 0.122. The van der Waals surface area contributed by atoms with Gasteiger partial charge in [-0.05, 0) is 37.6 Å². The fourth-order valence-electron chi connectivity index (χ4n) is 2.59. The lowest BCUT2D eigenvalue weighted by molar-refractivity contribution is 0.232. The van der Waals surface area contributed by atoms with E-state index < -0.39 is 0 Å². The van der Waals surface area contributed by atoms with Gasteiger partial charge in [0.25, 0.3) is 0 Å². The van der Waals surface area contributed by atoms with Crippen LogP contribution in [0.5, 0.6) is 5.88 Å². The summed E-state index contributed by atoms with van der Waals surface area (Å²) in [5.41, 5.74) is 3.19. The Bertz CT molecular complexity index is 914. The molecule has 1 aromatic carbocycles. The summed E-state index contributed by atoms with van der Waals surface area (Å²) in [7, 11) is 0. The molecule has 4 rings (SSSR count). The van der Waals surface area contributed by atoms with Crippen molar-refractivity contribution in [2.45, 2.75) is 36.4 Å². The molecular formula is C19H19N5OS. The van der Waals surface area contributed by atoms with Gasteiger partial charge in [0.1, 0.15) is 5.03 Å². The van der Waals surface area contributed by atoms with Gasteiger partial charge in [0.2, 0.25) is 5.88 Å². The third-order valence-electron chi connectivity index (χ3n) is 3.76. The van der Waals surface area contributed by atoms with Crippen LogP contribution >= 0.6 is 11.8 Å². The molecule has 3 heterocycles. The minimum atomic E-state index is 0.122. The van der Waals surface area contributed by atoms with Gasteiger partial charge in [-0.1, -0.05) is 17.8 Å². The summed E-state index contributed by atoms with van der Waals surface area (Å²) < 4.78 is 5.56. The molecule has 1 aliphatic rings. The van der Waals surface area contributed by atoms with Crippen LogP contribution in [0.15, 0.2) is 58.8 Å². The highest BCUT2D eigenvalue weighted by atomic mass is 32.2. The molecule has 0 atom stereocenters. The molecule has 0 fully saturated rings. The predicted molar refractivity (Wildman–Crippen MR) is 103 cm³/mol. The van der Waals surface area contributed by atoms with E-state index in [1.54, 1.807) is 30.4 Å². The molecule has 0 amide bonds. The first-order valence-corrected chi connectivity index (χ1v) is 9.24. The summed E-state index contributed by atoms with van der Waals surface area (Å²) in [6.45, 7) is 4.68. The lowest BCUT2D eigenvalue weighted by Crippen LogP contribution is -2.07. The summed E-state index contributed by atoms with van der Waals surface area (Å²) in [6, 6.07) is 10.2. The smallest absolute Gasteiger partial charge is 0.213 e. The molecule has 132 valence electrons. The van der Waals surface area contributed by atoms with E-state index >= 15 is 0 Å². The van der Waals surface area contributed by atoms with E-state index in [2.05, 4.69) is 43.8 Å². The molecule has 26 heavy (non-hydrogen) atoms. The SMILES string of the molecule is CC(C)Oc1ccc(NCc2ccc3c(c2)Nc2nccnc2S3)cn1. The van der Waals surface area contributed by atoms with E-state index in [4.69, 9.17) is 4.74 Å². The van der Waals surface area contributed by atoms with Crippen LogP contribution in [0.3, 0.4) is 0 Å². The number of benzene rings is 1. The van der Waals surface area contributed by atoms with Crippen LogP contribution in [0, 0.1) is 0 Å². The lowest BCUT2D eigenvalue weighted by Gasteiger charge is -2.19. The van der Waals surface area contributed by atoms with E-state index in [0.717, 1.165) is 27.1 Å². The molecule has 0 unspecified atom stereocenters. The number of rotatable bonds is 5. The van der Waals surface area contributed by atoms with Crippen LogP contribution in [0.1, 0.15) is 19.4 Å². The normalized spacial score (nSPS) is 12.1. The van der Waals surface area contributed by atoms with Crippen LogP contribution in [0.4, 0.5) is 17.2 Å². The molecule has 0 bridgehead atoms.